The van der Waals surface area contributed by atoms with E-state index in [1.807, 2.05) is 0 Å². The molecule has 2 unspecified atom stereocenters. The number of hydrogen-bond acceptors (Lipinski definition) is 8. The van der Waals surface area contributed by atoms with Gasteiger partial charge in [-0.3, -0.25) is 4.79 Å². The number of alkyl carbamates (subject to hydrolysis) is 1. The van der Waals surface area contributed by atoms with Crippen LogP contribution in [0.2, 0.25) is 0 Å². The van der Waals surface area contributed by atoms with E-state index in [-0.39, 0.29) is 34.2 Å². The van der Waals surface area contributed by atoms with Crippen molar-refractivity contribution in [3.63, 3.8) is 0 Å². The fourth-order valence-electron chi connectivity index (χ4n) is 4.34. The molecule has 46 heavy (non-hydrogen) atoms. The Kier molecular flexibility index (Phi) is 10.1. The monoisotopic (exact) mass is 649 g/mol. The summed E-state index contributed by atoms with van der Waals surface area (Å²) < 4.78 is 73.9. The number of hydrogen-bond donors (Lipinski definition) is 4. The Hall–Kier alpha value is -4.43. The predicted octanol–water partition coefficient (Wildman–Crippen LogP) is 5.18. The highest BCUT2D eigenvalue weighted by Crippen LogP contribution is 2.40. The zero-order chi connectivity index (χ0) is 33.9. The fraction of sp³-hybridized carbons (Fsp3) is 0.406. The Balaban J connectivity index is 1.70. The summed E-state index contributed by atoms with van der Waals surface area (Å²) in [5.41, 5.74) is -5.72. The molecule has 2 amide bonds. The van der Waals surface area contributed by atoms with E-state index < -0.39 is 60.1 Å². The molecule has 0 radical (unpaired) electrons. The Bertz CT molecular complexity index is 1560. The largest absolute Gasteiger partial charge is 0.493 e. The lowest BCUT2D eigenvalue weighted by molar-refractivity contribution is -0.265. The van der Waals surface area contributed by atoms with E-state index in [9.17, 15) is 37.4 Å². The number of benzene rings is 2. The summed E-state index contributed by atoms with van der Waals surface area (Å²) in [5, 5.41) is 25.8. The van der Waals surface area contributed by atoms with Crippen LogP contribution in [0.25, 0.3) is 11.3 Å². The lowest BCUT2D eigenvalue weighted by atomic mass is 9.93. The molecule has 0 aliphatic heterocycles. The van der Waals surface area contributed by atoms with E-state index in [2.05, 4.69) is 15.6 Å². The molecule has 4 N–H and O–H groups in total. The molecule has 10 nitrogen and oxygen atoms in total. The fourth-order valence-corrected chi connectivity index (χ4v) is 4.34. The summed E-state index contributed by atoms with van der Waals surface area (Å²) >= 11 is 0. The first-order valence-electron chi connectivity index (χ1n) is 14.3. The molecule has 1 saturated carbocycles. The molecule has 1 aliphatic carbocycles. The van der Waals surface area contributed by atoms with Crippen LogP contribution >= 0.6 is 0 Å². The third-order valence-electron chi connectivity index (χ3n) is 6.90. The van der Waals surface area contributed by atoms with Crippen LogP contribution in [0.4, 0.5) is 22.4 Å². The third-order valence-corrected chi connectivity index (χ3v) is 6.90. The smallest absolute Gasteiger partial charge is 0.424 e. The highest BCUT2D eigenvalue weighted by atomic mass is 19.4. The van der Waals surface area contributed by atoms with Crippen molar-refractivity contribution in [3.05, 3.63) is 77.2 Å². The maximum atomic E-state index is 14.7. The highest BCUT2D eigenvalue weighted by molar-refractivity contribution is 5.95. The topological polar surface area (TPSA) is 139 Å². The van der Waals surface area contributed by atoms with Gasteiger partial charge in [-0.05, 0) is 93.8 Å². The lowest BCUT2D eigenvalue weighted by Gasteiger charge is -2.31. The molecule has 0 spiro atoms. The molecule has 0 saturated heterocycles. The summed E-state index contributed by atoms with van der Waals surface area (Å²) in [5.74, 6) is -0.982. The number of ether oxygens (including phenoxy) is 3. The molecular weight excluding hydrogens is 614 g/mol. The maximum absolute atomic E-state index is 14.7. The standard InChI is InChI=1S/C32H35F4N3O7/c1-30(2,3)46-29(42)39-24(16-40)20-13-23(18-5-8-21(33)9-6-18)38-27(15-20)31(43,32(34,35)36)17-37-28(41)19-7-12-25(26(14-19)44-4)45-22-10-11-22/h5-9,12-15,22,24,40,43H,10-11,16-17H2,1-4H3,(H,37,41)(H,39,42). The lowest BCUT2D eigenvalue weighted by Crippen LogP contribution is -2.51. The number of aliphatic hydroxyl groups excluding tert-OH is 1. The van der Waals surface area contributed by atoms with Crippen LogP contribution in [0.15, 0.2) is 54.6 Å². The van der Waals surface area contributed by atoms with Gasteiger partial charge in [-0.15, -0.1) is 0 Å². The molecule has 2 aromatic carbocycles. The van der Waals surface area contributed by atoms with Crippen LogP contribution in [-0.4, -0.2) is 65.3 Å². The molecule has 1 aromatic heterocycles. The minimum Gasteiger partial charge on any atom is -0.493 e. The predicted molar refractivity (Wildman–Crippen MR) is 158 cm³/mol. The number of aromatic nitrogens is 1. The van der Waals surface area contributed by atoms with Crippen molar-refractivity contribution in [1.82, 2.24) is 15.6 Å². The number of amides is 2. The molecular formula is C32H35F4N3O7. The number of alkyl halides is 3. The highest BCUT2D eigenvalue weighted by Gasteiger charge is 2.56. The van der Waals surface area contributed by atoms with Crippen LogP contribution in [0.5, 0.6) is 11.5 Å². The Morgan fingerprint density at radius 1 is 1.02 bits per heavy atom. The van der Waals surface area contributed by atoms with Gasteiger partial charge in [0.25, 0.3) is 5.91 Å². The van der Waals surface area contributed by atoms with Gasteiger partial charge in [0.1, 0.15) is 11.4 Å². The van der Waals surface area contributed by atoms with Crippen LogP contribution in [-0.2, 0) is 10.3 Å². The number of nitrogens with one attached hydrogen (secondary N) is 2. The van der Waals surface area contributed by atoms with E-state index in [1.165, 1.54) is 43.5 Å². The summed E-state index contributed by atoms with van der Waals surface area (Å²) in [4.78, 5) is 29.5. The van der Waals surface area contributed by atoms with Crippen molar-refractivity contribution < 1.29 is 51.6 Å². The number of carbonyl (C=O) groups is 2. The van der Waals surface area contributed by atoms with Gasteiger partial charge in [0, 0.05) is 11.1 Å². The van der Waals surface area contributed by atoms with Gasteiger partial charge in [0.2, 0.25) is 5.60 Å². The SMILES string of the molecule is COc1cc(C(=O)NCC(O)(c2cc(C(CO)NC(=O)OC(C)(C)C)cc(-c3ccc(F)cc3)n2)C(F)(F)F)ccc1OC1CC1. The van der Waals surface area contributed by atoms with Gasteiger partial charge in [-0.1, -0.05) is 0 Å². The molecule has 1 aliphatic rings. The van der Waals surface area contributed by atoms with Crippen molar-refractivity contribution >= 4 is 12.0 Å². The van der Waals surface area contributed by atoms with Crippen molar-refractivity contribution in [1.29, 1.82) is 0 Å². The van der Waals surface area contributed by atoms with Gasteiger partial charge >= 0.3 is 12.3 Å². The van der Waals surface area contributed by atoms with Crippen molar-refractivity contribution in [2.75, 3.05) is 20.3 Å². The number of aliphatic hydroxyl groups is 2. The second kappa shape index (κ2) is 13.5. The first-order chi connectivity index (χ1) is 21.5. The number of halogens is 4. The zero-order valence-electron chi connectivity index (χ0n) is 25.6. The van der Waals surface area contributed by atoms with Crippen LogP contribution in [0.1, 0.15) is 61.3 Å². The second-order valence-corrected chi connectivity index (χ2v) is 11.8. The number of pyridine rings is 1. The minimum absolute atomic E-state index is 0.0307. The zero-order valence-corrected chi connectivity index (χ0v) is 25.6. The van der Waals surface area contributed by atoms with Crippen molar-refractivity contribution in [2.45, 2.75) is 63.1 Å². The number of rotatable bonds is 11. The number of methoxy groups -OCH3 is 1. The normalized spacial score (nSPS) is 15.3. The van der Waals surface area contributed by atoms with E-state index in [4.69, 9.17) is 14.2 Å². The van der Waals surface area contributed by atoms with Crippen LogP contribution in [0, 0.1) is 5.82 Å². The molecule has 3 aromatic rings. The van der Waals surface area contributed by atoms with E-state index in [1.54, 1.807) is 20.8 Å². The summed E-state index contributed by atoms with van der Waals surface area (Å²) in [7, 11) is 1.36. The molecule has 1 heterocycles. The number of nitrogens with zero attached hydrogens (tertiary/aromatic N) is 1. The van der Waals surface area contributed by atoms with Gasteiger partial charge in [-0.2, -0.15) is 13.2 Å². The summed E-state index contributed by atoms with van der Waals surface area (Å²) in [6, 6.07) is 9.62. The average molecular weight is 650 g/mol. The van der Waals surface area contributed by atoms with Crippen LogP contribution in [0.3, 0.4) is 0 Å². The summed E-state index contributed by atoms with van der Waals surface area (Å²) in [6.07, 6.45) is -4.57. The summed E-state index contributed by atoms with van der Waals surface area (Å²) in [6.45, 7) is 2.67. The third kappa shape index (κ3) is 8.43. The van der Waals surface area contributed by atoms with Crippen molar-refractivity contribution in [3.8, 4) is 22.8 Å². The van der Waals surface area contributed by atoms with E-state index >= 15 is 0 Å². The molecule has 0 bridgehead atoms. The first kappa shape index (κ1) is 34.4. The van der Waals surface area contributed by atoms with Crippen molar-refractivity contribution in [2.24, 2.45) is 0 Å². The minimum atomic E-state index is -5.38. The van der Waals surface area contributed by atoms with Gasteiger partial charge in [0.15, 0.2) is 11.5 Å². The Labute approximate surface area is 262 Å². The quantitative estimate of drug-likeness (QED) is 0.209. The molecule has 14 heteroatoms. The van der Waals surface area contributed by atoms with Gasteiger partial charge < -0.3 is 35.1 Å². The molecule has 4 rings (SSSR count). The molecule has 1 fully saturated rings. The Morgan fingerprint density at radius 3 is 2.26 bits per heavy atom. The molecule has 2 atom stereocenters. The number of carbonyl (C=O) groups excluding carboxylic acids is 2. The van der Waals surface area contributed by atoms with Crippen LogP contribution < -0.4 is 20.1 Å². The van der Waals surface area contributed by atoms with Gasteiger partial charge in [0.05, 0.1) is 43.8 Å². The molecule has 248 valence electrons. The van der Waals surface area contributed by atoms with E-state index in [0.717, 1.165) is 31.0 Å². The van der Waals surface area contributed by atoms with E-state index in [0.29, 0.717) is 5.75 Å². The second-order valence-electron chi connectivity index (χ2n) is 11.8. The maximum Gasteiger partial charge on any atom is 0.424 e. The van der Waals surface area contributed by atoms with Gasteiger partial charge in [-0.25, -0.2) is 14.2 Å². The first-order valence-corrected chi connectivity index (χ1v) is 14.3. The average Bonchev–Trinajstić information content (AvgIpc) is 3.81. The Morgan fingerprint density at radius 2 is 1.70 bits per heavy atom.